The summed E-state index contributed by atoms with van der Waals surface area (Å²) in [5, 5.41) is 8.63. The molecular formula is C24H25BrN4O3S. The lowest BCUT2D eigenvalue weighted by Gasteiger charge is -2.28. The third-order valence-electron chi connectivity index (χ3n) is 5.27. The standard InChI is InChI=1S/C24H25BrN4O3S/c1-5-32-22(30)20-15(3)26-23-27-24(33-13-16-8-6-7-14(2)11-16)28-29(23)21(20)17-9-10-19(31-4)18(25)12-17/h6-12,21H,5,13H2,1-4H3,(H,26,27,28)/t21-/m1/s1. The highest BCUT2D eigenvalue weighted by atomic mass is 79.9. The van der Waals surface area contributed by atoms with Gasteiger partial charge in [-0.3, -0.25) is 0 Å². The van der Waals surface area contributed by atoms with Gasteiger partial charge < -0.3 is 14.8 Å². The Morgan fingerprint density at radius 2 is 2.06 bits per heavy atom. The highest BCUT2D eigenvalue weighted by Gasteiger charge is 2.35. The minimum Gasteiger partial charge on any atom is -0.496 e. The predicted molar refractivity (Wildman–Crippen MR) is 133 cm³/mol. The van der Waals surface area contributed by atoms with E-state index in [1.165, 1.54) is 11.1 Å². The van der Waals surface area contributed by atoms with E-state index in [0.29, 0.717) is 28.1 Å². The largest absolute Gasteiger partial charge is 0.496 e. The van der Waals surface area contributed by atoms with Crippen molar-refractivity contribution in [3.8, 4) is 5.75 Å². The number of ether oxygens (including phenoxy) is 2. The predicted octanol–water partition coefficient (Wildman–Crippen LogP) is 5.50. The third kappa shape index (κ3) is 4.94. The summed E-state index contributed by atoms with van der Waals surface area (Å²) in [6.07, 6.45) is 0. The number of aryl methyl sites for hydroxylation is 1. The number of methoxy groups -OCH3 is 1. The molecule has 0 amide bonds. The molecule has 1 aliphatic rings. The van der Waals surface area contributed by atoms with Crippen molar-refractivity contribution in [2.75, 3.05) is 19.0 Å². The molecule has 4 rings (SSSR count). The Labute approximate surface area is 205 Å². The lowest BCUT2D eigenvalue weighted by atomic mass is 9.96. The van der Waals surface area contributed by atoms with E-state index < -0.39 is 6.04 Å². The number of hydrogen-bond acceptors (Lipinski definition) is 7. The number of anilines is 1. The molecule has 0 bridgehead atoms. The summed E-state index contributed by atoms with van der Waals surface area (Å²) in [5.41, 5.74) is 4.49. The smallest absolute Gasteiger partial charge is 0.338 e. The van der Waals surface area contributed by atoms with E-state index in [2.05, 4.69) is 52.4 Å². The summed E-state index contributed by atoms with van der Waals surface area (Å²) < 4.78 is 13.3. The van der Waals surface area contributed by atoms with Gasteiger partial charge in [-0.05, 0) is 60.0 Å². The molecule has 3 aromatic rings. The van der Waals surface area contributed by atoms with Crippen molar-refractivity contribution >= 4 is 39.6 Å². The Morgan fingerprint density at radius 1 is 1.24 bits per heavy atom. The monoisotopic (exact) mass is 528 g/mol. The number of hydrogen-bond donors (Lipinski definition) is 1. The summed E-state index contributed by atoms with van der Waals surface area (Å²) >= 11 is 5.11. The van der Waals surface area contributed by atoms with E-state index in [-0.39, 0.29) is 12.6 Å². The molecule has 0 spiro atoms. The maximum Gasteiger partial charge on any atom is 0.338 e. The fourth-order valence-electron chi connectivity index (χ4n) is 3.78. The fraction of sp³-hybridized carbons (Fsp3) is 0.292. The average molecular weight is 529 g/mol. The second-order valence-corrected chi connectivity index (χ2v) is 9.42. The van der Waals surface area contributed by atoms with Crippen molar-refractivity contribution in [3.63, 3.8) is 0 Å². The molecule has 0 radical (unpaired) electrons. The molecule has 2 aromatic carbocycles. The van der Waals surface area contributed by atoms with Crippen LogP contribution < -0.4 is 10.1 Å². The lowest BCUT2D eigenvalue weighted by Crippen LogP contribution is -2.29. The zero-order valence-electron chi connectivity index (χ0n) is 18.9. The number of benzene rings is 2. The van der Waals surface area contributed by atoms with Crippen LogP contribution in [-0.2, 0) is 15.3 Å². The number of esters is 1. The Bertz CT molecular complexity index is 1220. The van der Waals surface area contributed by atoms with Crippen molar-refractivity contribution in [3.05, 3.63) is 74.9 Å². The number of nitrogens with zero attached hydrogens (tertiary/aromatic N) is 3. The van der Waals surface area contributed by atoms with Crippen LogP contribution in [0.2, 0.25) is 0 Å². The fourth-order valence-corrected chi connectivity index (χ4v) is 5.11. The second-order valence-electron chi connectivity index (χ2n) is 7.62. The van der Waals surface area contributed by atoms with Gasteiger partial charge in [-0.2, -0.15) is 4.98 Å². The van der Waals surface area contributed by atoms with Crippen LogP contribution in [0.3, 0.4) is 0 Å². The molecule has 2 heterocycles. The Balaban J connectivity index is 1.72. The van der Waals surface area contributed by atoms with Crippen LogP contribution in [0.15, 0.2) is 63.4 Å². The molecule has 1 aromatic heterocycles. The Morgan fingerprint density at radius 3 is 2.76 bits per heavy atom. The third-order valence-corrected chi connectivity index (χ3v) is 6.80. The average Bonchev–Trinajstić information content (AvgIpc) is 3.19. The normalized spacial score (nSPS) is 15.1. The van der Waals surface area contributed by atoms with Gasteiger partial charge in [0.1, 0.15) is 11.8 Å². The molecule has 1 aliphatic heterocycles. The molecule has 0 aliphatic carbocycles. The molecular weight excluding hydrogens is 504 g/mol. The number of thioether (sulfide) groups is 1. The van der Waals surface area contributed by atoms with Crippen LogP contribution in [-0.4, -0.2) is 34.5 Å². The second kappa shape index (κ2) is 10.0. The van der Waals surface area contributed by atoms with E-state index in [4.69, 9.17) is 19.6 Å². The van der Waals surface area contributed by atoms with Crippen molar-refractivity contribution in [1.82, 2.24) is 14.8 Å². The minimum absolute atomic E-state index is 0.288. The van der Waals surface area contributed by atoms with E-state index in [1.54, 1.807) is 30.5 Å². The molecule has 1 atom stereocenters. The van der Waals surface area contributed by atoms with Crippen LogP contribution in [0.25, 0.3) is 0 Å². The number of carbonyl (C=O) groups excluding carboxylic acids is 1. The van der Waals surface area contributed by atoms with Gasteiger partial charge in [-0.25, -0.2) is 9.48 Å². The van der Waals surface area contributed by atoms with E-state index >= 15 is 0 Å². The minimum atomic E-state index is -0.483. The number of nitrogens with one attached hydrogen (secondary N) is 1. The first-order valence-electron chi connectivity index (χ1n) is 10.5. The van der Waals surface area contributed by atoms with E-state index in [9.17, 15) is 4.79 Å². The van der Waals surface area contributed by atoms with Gasteiger partial charge in [-0.1, -0.05) is 47.7 Å². The van der Waals surface area contributed by atoms with Crippen molar-refractivity contribution in [2.24, 2.45) is 0 Å². The summed E-state index contributed by atoms with van der Waals surface area (Å²) in [4.78, 5) is 17.6. The van der Waals surface area contributed by atoms with Gasteiger partial charge in [0.05, 0.1) is 23.8 Å². The van der Waals surface area contributed by atoms with Crippen LogP contribution in [0, 0.1) is 6.92 Å². The van der Waals surface area contributed by atoms with E-state index in [0.717, 1.165) is 15.8 Å². The molecule has 172 valence electrons. The van der Waals surface area contributed by atoms with Crippen molar-refractivity contribution in [2.45, 2.75) is 37.7 Å². The van der Waals surface area contributed by atoms with Crippen LogP contribution in [0.5, 0.6) is 5.75 Å². The summed E-state index contributed by atoms with van der Waals surface area (Å²) in [6.45, 7) is 6.02. The van der Waals surface area contributed by atoms with Crippen LogP contribution in [0.4, 0.5) is 5.95 Å². The van der Waals surface area contributed by atoms with Gasteiger partial charge in [0, 0.05) is 11.4 Å². The molecule has 7 nitrogen and oxygen atoms in total. The maximum atomic E-state index is 12.9. The van der Waals surface area contributed by atoms with Crippen molar-refractivity contribution < 1.29 is 14.3 Å². The maximum absolute atomic E-state index is 12.9. The molecule has 0 fully saturated rings. The topological polar surface area (TPSA) is 78.3 Å². The molecule has 0 unspecified atom stereocenters. The van der Waals surface area contributed by atoms with Gasteiger partial charge in [0.15, 0.2) is 0 Å². The lowest BCUT2D eigenvalue weighted by molar-refractivity contribution is -0.139. The Hall–Kier alpha value is -2.78. The zero-order valence-corrected chi connectivity index (χ0v) is 21.3. The first-order chi connectivity index (χ1) is 15.9. The zero-order chi connectivity index (χ0) is 23.5. The first-order valence-corrected chi connectivity index (χ1v) is 12.3. The summed E-state index contributed by atoms with van der Waals surface area (Å²) in [7, 11) is 1.62. The summed E-state index contributed by atoms with van der Waals surface area (Å²) in [6, 6.07) is 13.6. The molecule has 33 heavy (non-hydrogen) atoms. The number of rotatable bonds is 7. The highest BCUT2D eigenvalue weighted by molar-refractivity contribution is 9.10. The van der Waals surface area contributed by atoms with Gasteiger partial charge in [0.2, 0.25) is 11.1 Å². The number of carbonyl (C=O) groups is 1. The van der Waals surface area contributed by atoms with Crippen molar-refractivity contribution in [1.29, 1.82) is 0 Å². The molecule has 0 saturated carbocycles. The van der Waals surface area contributed by atoms with Crippen LogP contribution >= 0.6 is 27.7 Å². The van der Waals surface area contributed by atoms with E-state index in [1.807, 2.05) is 25.1 Å². The van der Waals surface area contributed by atoms with Gasteiger partial charge in [-0.15, -0.1) is 5.10 Å². The first kappa shape index (κ1) is 23.4. The molecule has 1 N–H and O–H groups in total. The molecule has 9 heteroatoms. The Kier molecular flexibility index (Phi) is 7.09. The number of halogens is 1. The summed E-state index contributed by atoms with van der Waals surface area (Å²) in [5.74, 6) is 1.67. The SMILES string of the molecule is CCOC(=O)C1=C(C)Nc2nc(SCc3cccc(C)c3)nn2[C@@H]1c1ccc(OC)c(Br)c1. The van der Waals surface area contributed by atoms with Gasteiger partial charge in [0.25, 0.3) is 0 Å². The van der Waals surface area contributed by atoms with Crippen LogP contribution in [0.1, 0.15) is 36.6 Å². The highest BCUT2D eigenvalue weighted by Crippen LogP contribution is 2.39. The van der Waals surface area contributed by atoms with Gasteiger partial charge >= 0.3 is 5.97 Å². The quantitative estimate of drug-likeness (QED) is 0.320. The molecule has 0 saturated heterocycles. The number of fused-ring (bicyclic) bond motifs is 1. The number of allylic oxidation sites excluding steroid dienone is 1. The number of aromatic nitrogens is 3.